The number of nitrogen functional groups attached to an aromatic ring is 1. The summed E-state index contributed by atoms with van der Waals surface area (Å²) in [7, 11) is 0. The molecule has 1 atom stereocenters. The lowest BCUT2D eigenvalue weighted by atomic mass is 10.0. The van der Waals surface area contributed by atoms with Gasteiger partial charge in [-0.25, -0.2) is 9.31 Å². The number of aryl methyl sites for hydroxylation is 1. The number of aromatic nitrogens is 4. The third kappa shape index (κ3) is 3.83. The van der Waals surface area contributed by atoms with Crippen molar-refractivity contribution in [2.24, 2.45) is 0 Å². The molecule has 0 spiro atoms. The molecule has 0 radical (unpaired) electrons. The van der Waals surface area contributed by atoms with E-state index in [4.69, 9.17) is 22.2 Å². The van der Waals surface area contributed by atoms with E-state index in [0.29, 0.717) is 35.1 Å². The summed E-state index contributed by atoms with van der Waals surface area (Å²) in [5.41, 5.74) is 10.2. The molecular formula is C22H20ClN7O2. The van der Waals surface area contributed by atoms with Crippen LogP contribution in [0.1, 0.15) is 23.7 Å². The molecule has 0 aliphatic carbocycles. The van der Waals surface area contributed by atoms with E-state index in [1.807, 2.05) is 49.5 Å². The summed E-state index contributed by atoms with van der Waals surface area (Å²) in [4.78, 5) is 27.3. The molecule has 1 aliphatic heterocycles. The van der Waals surface area contributed by atoms with Crippen LogP contribution in [0.4, 0.5) is 16.4 Å². The van der Waals surface area contributed by atoms with Crippen molar-refractivity contribution in [3.63, 3.8) is 0 Å². The predicted octanol–water partition coefficient (Wildman–Crippen LogP) is 4.25. The molecule has 5 rings (SSSR count). The number of fused-ring (bicyclic) bond motifs is 1. The number of nitrogens with one attached hydrogen (secondary N) is 1. The number of carbonyl (C=O) groups excluding carboxylic acids is 1. The van der Waals surface area contributed by atoms with Gasteiger partial charge in [-0.05, 0) is 42.8 Å². The molecule has 0 unspecified atom stereocenters. The molecule has 0 bridgehead atoms. The van der Waals surface area contributed by atoms with Gasteiger partial charge in [0.2, 0.25) is 5.95 Å². The number of hydrogen-bond acceptors (Lipinski definition) is 6. The van der Waals surface area contributed by atoms with Crippen molar-refractivity contribution in [1.29, 1.82) is 0 Å². The Bertz CT molecular complexity index is 1320. The number of nitrogens with two attached hydrogens (primary N) is 1. The highest BCUT2D eigenvalue weighted by Crippen LogP contribution is 2.32. The number of benzene rings is 1. The summed E-state index contributed by atoms with van der Waals surface area (Å²) in [5.74, 6) is 0.206. The zero-order valence-corrected chi connectivity index (χ0v) is 18.0. The Morgan fingerprint density at radius 3 is 2.97 bits per heavy atom. The smallest absolute Gasteiger partial charge is 0.346 e. The van der Waals surface area contributed by atoms with Crippen molar-refractivity contribution >= 4 is 34.9 Å². The Hall–Kier alpha value is -3.69. The Labute approximate surface area is 188 Å². The van der Waals surface area contributed by atoms with Gasteiger partial charge in [-0.1, -0.05) is 23.7 Å². The first-order valence-electron chi connectivity index (χ1n) is 10.1. The van der Waals surface area contributed by atoms with Gasteiger partial charge in [0.1, 0.15) is 0 Å². The minimum atomic E-state index is -0.367. The number of amides is 2. The van der Waals surface area contributed by atoms with E-state index in [1.54, 1.807) is 16.8 Å². The molecule has 1 aromatic carbocycles. The average molecular weight is 450 g/mol. The maximum atomic E-state index is 13.1. The zero-order chi connectivity index (χ0) is 22.2. The third-order valence-corrected chi connectivity index (χ3v) is 5.58. The van der Waals surface area contributed by atoms with Gasteiger partial charge in [-0.3, -0.25) is 9.82 Å². The summed E-state index contributed by atoms with van der Waals surface area (Å²) < 4.78 is 1.61. The summed E-state index contributed by atoms with van der Waals surface area (Å²) in [6.07, 6.45) is 4.25. The average Bonchev–Trinajstić information content (AvgIpc) is 3.40. The highest BCUT2D eigenvalue weighted by molar-refractivity contribution is 6.30. The topological polar surface area (TPSA) is 111 Å². The molecule has 4 heterocycles. The summed E-state index contributed by atoms with van der Waals surface area (Å²) in [6, 6.07) is 12.5. The summed E-state index contributed by atoms with van der Waals surface area (Å²) in [6.45, 7) is 2.28. The first kappa shape index (κ1) is 20.2. The van der Waals surface area contributed by atoms with E-state index < -0.39 is 0 Å². The Morgan fingerprint density at radius 2 is 2.12 bits per heavy atom. The van der Waals surface area contributed by atoms with Crippen LogP contribution in [-0.4, -0.2) is 37.3 Å². The van der Waals surface area contributed by atoms with E-state index in [0.717, 1.165) is 16.7 Å². The number of hydroxylamine groups is 2. The SMILES string of the molecule is Cc1ncc(-c2ccc3nc(N)nn3c2)cc1NC(=O)N1OCC[C@H]1c1cccc(Cl)c1. The molecule has 32 heavy (non-hydrogen) atoms. The Kier molecular flexibility index (Phi) is 5.12. The molecule has 1 aliphatic rings. The number of anilines is 2. The van der Waals surface area contributed by atoms with E-state index >= 15 is 0 Å². The lowest BCUT2D eigenvalue weighted by Gasteiger charge is -2.23. The van der Waals surface area contributed by atoms with Crippen molar-refractivity contribution in [3.8, 4) is 11.1 Å². The van der Waals surface area contributed by atoms with Gasteiger partial charge in [0.05, 0.1) is 24.0 Å². The van der Waals surface area contributed by atoms with Gasteiger partial charge in [0.15, 0.2) is 5.65 Å². The number of rotatable bonds is 3. The molecule has 9 nitrogen and oxygen atoms in total. The molecule has 10 heteroatoms. The second-order valence-corrected chi connectivity index (χ2v) is 7.93. The molecule has 0 saturated carbocycles. The van der Waals surface area contributed by atoms with Crippen LogP contribution in [0.25, 0.3) is 16.8 Å². The van der Waals surface area contributed by atoms with Crippen LogP contribution in [0.15, 0.2) is 54.9 Å². The number of carbonyl (C=O) groups is 1. The molecule has 4 aromatic rings. The van der Waals surface area contributed by atoms with Crippen LogP contribution in [0.5, 0.6) is 0 Å². The Balaban J connectivity index is 1.40. The van der Waals surface area contributed by atoms with Crippen LogP contribution in [0.2, 0.25) is 5.02 Å². The van der Waals surface area contributed by atoms with Crippen LogP contribution in [0, 0.1) is 6.92 Å². The molecule has 3 aromatic heterocycles. The van der Waals surface area contributed by atoms with Gasteiger partial charge in [0, 0.05) is 35.0 Å². The molecule has 3 N–H and O–H groups in total. The van der Waals surface area contributed by atoms with Crippen molar-refractivity contribution in [3.05, 3.63) is 71.1 Å². The maximum Gasteiger partial charge on any atom is 0.346 e. The number of hydrogen-bond donors (Lipinski definition) is 2. The van der Waals surface area contributed by atoms with Crippen LogP contribution in [0.3, 0.4) is 0 Å². The highest BCUT2D eigenvalue weighted by atomic mass is 35.5. The summed E-state index contributed by atoms with van der Waals surface area (Å²) in [5, 5.41) is 9.06. The van der Waals surface area contributed by atoms with Gasteiger partial charge in [-0.2, -0.15) is 10.0 Å². The molecule has 1 saturated heterocycles. The maximum absolute atomic E-state index is 13.1. The number of pyridine rings is 2. The second kappa shape index (κ2) is 8.10. The molecule has 1 fully saturated rings. The fourth-order valence-corrected chi connectivity index (χ4v) is 3.94. The van der Waals surface area contributed by atoms with Crippen molar-refractivity contribution in [2.75, 3.05) is 17.7 Å². The number of nitrogens with zero attached hydrogens (tertiary/aromatic N) is 5. The van der Waals surface area contributed by atoms with Crippen molar-refractivity contribution < 1.29 is 9.63 Å². The standard InChI is InChI=1S/C22H20ClN7O2/c1-13-18(10-16(11-25-13)15-5-6-20-27-21(24)28-29(20)12-15)26-22(31)30-19(7-8-32-30)14-3-2-4-17(23)9-14/h2-6,9-12,19H,7-8H2,1H3,(H2,24,28)(H,26,31)/t19-/m0/s1. The number of halogens is 1. The molecule has 2 amide bonds. The van der Waals surface area contributed by atoms with Crippen molar-refractivity contribution in [2.45, 2.75) is 19.4 Å². The number of urea groups is 1. The molecular weight excluding hydrogens is 430 g/mol. The van der Waals surface area contributed by atoms with E-state index in [-0.39, 0.29) is 18.0 Å². The van der Waals surface area contributed by atoms with Gasteiger partial charge < -0.3 is 11.1 Å². The van der Waals surface area contributed by atoms with E-state index in [2.05, 4.69) is 20.4 Å². The normalized spacial score (nSPS) is 15.9. The molecule has 162 valence electrons. The zero-order valence-electron chi connectivity index (χ0n) is 17.2. The van der Waals surface area contributed by atoms with Gasteiger partial charge in [-0.15, -0.1) is 5.10 Å². The van der Waals surface area contributed by atoms with Gasteiger partial charge in [0.25, 0.3) is 0 Å². The van der Waals surface area contributed by atoms with Crippen LogP contribution < -0.4 is 11.1 Å². The predicted molar refractivity (Wildman–Crippen MR) is 121 cm³/mol. The Morgan fingerprint density at radius 1 is 1.25 bits per heavy atom. The fraction of sp³-hybridized carbons (Fsp3) is 0.182. The van der Waals surface area contributed by atoms with E-state index in [1.165, 1.54) is 5.06 Å². The monoisotopic (exact) mass is 449 g/mol. The third-order valence-electron chi connectivity index (χ3n) is 5.35. The van der Waals surface area contributed by atoms with Crippen molar-refractivity contribution in [1.82, 2.24) is 24.6 Å². The summed E-state index contributed by atoms with van der Waals surface area (Å²) >= 11 is 6.13. The lowest BCUT2D eigenvalue weighted by molar-refractivity contribution is -0.0829. The minimum absolute atomic E-state index is 0.206. The second-order valence-electron chi connectivity index (χ2n) is 7.50. The first-order valence-corrected chi connectivity index (χ1v) is 10.4. The van der Waals surface area contributed by atoms with E-state index in [9.17, 15) is 4.79 Å². The minimum Gasteiger partial charge on any atom is -0.366 e. The van der Waals surface area contributed by atoms with Crippen LogP contribution >= 0.6 is 11.6 Å². The lowest BCUT2D eigenvalue weighted by Crippen LogP contribution is -2.33. The largest absolute Gasteiger partial charge is 0.366 e. The van der Waals surface area contributed by atoms with Crippen LogP contribution in [-0.2, 0) is 4.84 Å². The highest BCUT2D eigenvalue weighted by Gasteiger charge is 2.32. The quantitative estimate of drug-likeness (QED) is 0.483. The van der Waals surface area contributed by atoms with Gasteiger partial charge >= 0.3 is 6.03 Å². The fourth-order valence-electron chi connectivity index (χ4n) is 3.74. The first-order chi connectivity index (χ1) is 15.5.